The molecule has 1 atom stereocenters. The number of amides is 1. The highest BCUT2D eigenvalue weighted by molar-refractivity contribution is 9.10. The quantitative estimate of drug-likeness (QED) is 0.673. The van der Waals surface area contributed by atoms with Crippen LogP contribution >= 0.6 is 27.7 Å². The molecule has 0 radical (unpaired) electrons. The Kier molecular flexibility index (Phi) is 5.08. The number of hydrogen-bond donors (Lipinski definition) is 1. The van der Waals surface area contributed by atoms with E-state index in [1.54, 1.807) is 31.5 Å². The Labute approximate surface area is 128 Å². The molecule has 0 aliphatic rings. The van der Waals surface area contributed by atoms with E-state index in [0.29, 0.717) is 9.63 Å². The second-order valence-corrected chi connectivity index (χ2v) is 6.13. The fourth-order valence-electron chi connectivity index (χ4n) is 1.38. The van der Waals surface area contributed by atoms with Gasteiger partial charge >= 0.3 is 0 Å². The maximum atomic E-state index is 13.6. The van der Waals surface area contributed by atoms with E-state index < -0.39 is 11.1 Å². The van der Waals surface area contributed by atoms with Crippen LogP contribution in [0.3, 0.4) is 0 Å². The highest BCUT2D eigenvalue weighted by atomic mass is 79.9. The molecule has 4 nitrogen and oxygen atoms in total. The van der Waals surface area contributed by atoms with Crippen molar-refractivity contribution >= 4 is 39.3 Å². The number of halogens is 2. The highest BCUT2D eigenvalue weighted by Gasteiger charge is 2.17. The first-order valence-electron chi connectivity index (χ1n) is 5.76. The molecule has 2 rings (SSSR count). The van der Waals surface area contributed by atoms with Crippen molar-refractivity contribution in [3.05, 3.63) is 46.9 Å². The van der Waals surface area contributed by atoms with E-state index in [-0.39, 0.29) is 11.6 Å². The maximum absolute atomic E-state index is 13.6. The van der Waals surface area contributed by atoms with Crippen LogP contribution in [0.5, 0.6) is 0 Å². The third-order valence-electron chi connectivity index (χ3n) is 2.38. The fourth-order valence-corrected chi connectivity index (χ4v) is 2.44. The molecule has 1 unspecified atom stereocenters. The second kappa shape index (κ2) is 6.81. The summed E-state index contributed by atoms with van der Waals surface area (Å²) in [7, 11) is 0. The number of carbonyl (C=O) groups is 1. The molecule has 0 bridgehead atoms. The molecule has 1 heterocycles. The molecule has 0 aliphatic carbocycles. The van der Waals surface area contributed by atoms with Crippen LogP contribution in [-0.4, -0.2) is 21.1 Å². The average Bonchev–Trinajstić information content (AvgIpc) is 2.43. The molecule has 1 aromatic heterocycles. The lowest BCUT2D eigenvalue weighted by molar-refractivity contribution is -0.115. The van der Waals surface area contributed by atoms with Gasteiger partial charge < -0.3 is 5.32 Å². The second-order valence-electron chi connectivity index (χ2n) is 3.90. The summed E-state index contributed by atoms with van der Waals surface area (Å²) in [6.07, 6.45) is 3.21. The summed E-state index contributed by atoms with van der Waals surface area (Å²) < 4.78 is 14.2. The summed E-state index contributed by atoms with van der Waals surface area (Å²) in [5.74, 6) is -0.787. The van der Waals surface area contributed by atoms with Gasteiger partial charge in [-0.1, -0.05) is 27.7 Å². The van der Waals surface area contributed by atoms with Gasteiger partial charge in [0.15, 0.2) is 5.16 Å². The zero-order valence-corrected chi connectivity index (χ0v) is 12.9. The molecule has 1 N–H and O–H groups in total. The van der Waals surface area contributed by atoms with E-state index in [0.717, 1.165) is 0 Å². The number of rotatable bonds is 4. The van der Waals surface area contributed by atoms with Crippen molar-refractivity contribution in [2.45, 2.75) is 17.3 Å². The van der Waals surface area contributed by atoms with Gasteiger partial charge in [0.2, 0.25) is 5.91 Å². The molecule has 0 fully saturated rings. The van der Waals surface area contributed by atoms with Crippen molar-refractivity contribution in [3.63, 3.8) is 0 Å². The van der Waals surface area contributed by atoms with Gasteiger partial charge in [0.1, 0.15) is 5.82 Å². The number of nitrogens with zero attached hydrogens (tertiary/aromatic N) is 2. The van der Waals surface area contributed by atoms with Crippen LogP contribution in [0.15, 0.2) is 46.3 Å². The normalized spacial score (nSPS) is 11.9. The van der Waals surface area contributed by atoms with Crippen LogP contribution in [0.1, 0.15) is 6.92 Å². The molecule has 0 spiro atoms. The van der Waals surface area contributed by atoms with Crippen molar-refractivity contribution in [2.75, 3.05) is 5.32 Å². The van der Waals surface area contributed by atoms with Gasteiger partial charge in [0.05, 0.1) is 10.9 Å². The van der Waals surface area contributed by atoms with Gasteiger partial charge in [0, 0.05) is 16.9 Å². The van der Waals surface area contributed by atoms with Gasteiger partial charge in [-0.2, -0.15) is 0 Å². The van der Waals surface area contributed by atoms with Gasteiger partial charge in [-0.05, 0) is 31.2 Å². The van der Waals surface area contributed by atoms with Crippen LogP contribution < -0.4 is 5.32 Å². The summed E-state index contributed by atoms with van der Waals surface area (Å²) in [4.78, 5) is 20.0. The van der Waals surface area contributed by atoms with Gasteiger partial charge in [0.25, 0.3) is 0 Å². The Morgan fingerprint density at radius 3 is 2.75 bits per heavy atom. The number of anilines is 1. The van der Waals surface area contributed by atoms with Crippen molar-refractivity contribution in [1.29, 1.82) is 0 Å². The Bertz CT molecular complexity index is 612. The van der Waals surface area contributed by atoms with E-state index in [9.17, 15) is 9.18 Å². The van der Waals surface area contributed by atoms with E-state index >= 15 is 0 Å². The predicted octanol–water partition coefficient (Wildman–Crippen LogP) is 3.50. The van der Waals surface area contributed by atoms with Gasteiger partial charge in [-0.15, -0.1) is 0 Å². The first-order chi connectivity index (χ1) is 9.56. The monoisotopic (exact) mass is 355 g/mol. The Hall–Kier alpha value is -1.47. The molecule has 0 aliphatic heterocycles. The summed E-state index contributed by atoms with van der Waals surface area (Å²) in [6, 6.07) is 6.17. The lowest BCUT2D eigenvalue weighted by Gasteiger charge is -2.11. The zero-order chi connectivity index (χ0) is 14.5. The Morgan fingerprint density at radius 1 is 1.40 bits per heavy atom. The summed E-state index contributed by atoms with van der Waals surface area (Å²) in [5.41, 5.74) is 0.152. The molecule has 7 heteroatoms. The molecule has 0 saturated heterocycles. The molecule has 104 valence electrons. The molecule has 0 saturated carbocycles. The summed E-state index contributed by atoms with van der Waals surface area (Å²) >= 11 is 4.38. The van der Waals surface area contributed by atoms with E-state index in [1.165, 1.54) is 23.9 Å². The maximum Gasteiger partial charge on any atom is 0.237 e. The van der Waals surface area contributed by atoms with Crippen molar-refractivity contribution in [1.82, 2.24) is 9.97 Å². The van der Waals surface area contributed by atoms with Crippen LogP contribution in [0.4, 0.5) is 10.1 Å². The lowest BCUT2D eigenvalue weighted by atomic mass is 10.3. The van der Waals surface area contributed by atoms with Crippen LogP contribution in [0.25, 0.3) is 0 Å². The van der Waals surface area contributed by atoms with Crippen LogP contribution in [-0.2, 0) is 4.79 Å². The molecule has 1 aromatic carbocycles. The zero-order valence-electron chi connectivity index (χ0n) is 10.5. The molecular weight excluding hydrogens is 345 g/mol. The fraction of sp³-hybridized carbons (Fsp3) is 0.154. The minimum Gasteiger partial charge on any atom is -0.323 e. The summed E-state index contributed by atoms with van der Waals surface area (Å²) in [6.45, 7) is 1.72. The van der Waals surface area contributed by atoms with Crippen molar-refractivity contribution < 1.29 is 9.18 Å². The third-order valence-corrected chi connectivity index (χ3v) is 3.87. The van der Waals surface area contributed by atoms with Crippen molar-refractivity contribution in [3.8, 4) is 0 Å². The van der Waals surface area contributed by atoms with E-state index in [1.807, 2.05) is 0 Å². The topological polar surface area (TPSA) is 54.9 Å². The Morgan fingerprint density at radius 2 is 2.10 bits per heavy atom. The average molecular weight is 356 g/mol. The summed E-state index contributed by atoms with van der Waals surface area (Å²) in [5, 5.41) is 2.62. The smallest absolute Gasteiger partial charge is 0.237 e. The number of hydrogen-bond acceptors (Lipinski definition) is 4. The van der Waals surface area contributed by atoms with Gasteiger partial charge in [-0.3, -0.25) is 4.79 Å². The van der Waals surface area contributed by atoms with Crippen LogP contribution in [0, 0.1) is 5.82 Å². The molecular formula is C13H11BrFN3OS. The molecule has 2 aromatic rings. The Balaban J connectivity index is 2.01. The first-order valence-corrected chi connectivity index (χ1v) is 7.43. The number of nitrogens with one attached hydrogen (secondary N) is 1. The largest absolute Gasteiger partial charge is 0.323 e. The minimum absolute atomic E-state index is 0.152. The number of aromatic nitrogens is 2. The first kappa shape index (κ1) is 14.9. The van der Waals surface area contributed by atoms with E-state index in [4.69, 9.17) is 0 Å². The molecule has 1 amide bonds. The predicted molar refractivity (Wildman–Crippen MR) is 80.1 cm³/mol. The number of thioether (sulfide) groups is 1. The lowest BCUT2D eigenvalue weighted by Crippen LogP contribution is -2.23. The van der Waals surface area contributed by atoms with E-state index in [2.05, 4.69) is 31.2 Å². The standard InChI is InChI=1S/C13H11BrFN3OS/c1-8(20-13-16-5-2-6-17-13)12(19)18-11-4-3-9(14)7-10(11)15/h2-8H,1H3,(H,18,19). The third kappa shape index (κ3) is 4.01. The van der Waals surface area contributed by atoms with Crippen molar-refractivity contribution in [2.24, 2.45) is 0 Å². The number of benzene rings is 1. The highest BCUT2D eigenvalue weighted by Crippen LogP contribution is 2.22. The minimum atomic E-state index is -0.485. The number of carbonyl (C=O) groups excluding carboxylic acids is 1. The van der Waals surface area contributed by atoms with Gasteiger partial charge in [-0.25, -0.2) is 14.4 Å². The molecule has 20 heavy (non-hydrogen) atoms. The van der Waals surface area contributed by atoms with Crippen LogP contribution in [0.2, 0.25) is 0 Å². The SMILES string of the molecule is CC(Sc1ncccn1)C(=O)Nc1ccc(Br)cc1F.